The van der Waals surface area contributed by atoms with Crippen molar-refractivity contribution < 1.29 is 0 Å². The lowest BCUT2D eigenvalue weighted by molar-refractivity contribution is 1.12. The molecule has 2 N–H and O–H groups in total. The summed E-state index contributed by atoms with van der Waals surface area (Å²) in [6.07, 6.45) is 1.08. The molecule has 1 rings (SSSR count). The first kappa shape index (κ1) is 8.84. The highest BCUT2D eigenvalue weighted by Gasteiger charge is 2.02. The van der Waals surface area contributed by atoms with Gasteiger partial charge >= 0.3 is 0 Å². The Morgan fingerprint density at radius 3 is 2.64 bits per heavy atom. The van der Waals surface area contributed by atoms with Crippen molar-refractivity contribution in [2.75, 3.05) is 5.73 Å². The van der Waals surface area contributed by atoms with Crippen molar-refractivity contribution in [3.05, 3.63) is 26.8 Å². The van der Waals surface area contributed by atoms with E-state index in [1.807, 2.05) is 6.07 Å². The Morgan fingerprint density at radius 2 is 2.09 bits per heavy atom. The molecule has 0 aromatic heterocycles. The number of nitrogen functional groups attached to an aromatic ring is 1. The molecule has 0 aliphatic carbocycles. The Morgan fingerprint density at radius 1 is 1.45 bits per heavy atom. The van der Waals surface area contributed by atoms with Gasteiger partial charge in [0, 0.05) is 9.26 Å². The van der Waals surface area contributed by atoms with Crippen LogP contribution >= 0.6 is 22.6 Å². The molecule has 0 fully saturated rings. The van der Waals surface area contributed by atoms with Crippen molar-refractivity contribution in [3.8, 4) is 0 Å². The first-order chi connectivity index (χ1) is 5.16. The van der Waals surface area contributed by atoms with Gasteiger partial charge in [0.25, 0.3) is 0 Å². The van der Waals surface area contributed by atoms with Crippen LogP contribution in [-0.2, 0) is 6.42 Å². The summed E-state index contributed by atoms with van der Waals surface area (Å²) in [7, 11) is 0. The third-order valence-corrected chi connectivity index (χ3v) is 3.39. The molecule has 0 amide bonds. The van der Waals surface area contributed by atoms with Crippen molar-refractivity contribution >= 4 is 28.3 Å². The summed E-state index contributed by atoms with van der Waals surface area (Å²) < 4.78 is 1.31. The molecule has 0 aliphatic rings. The van der Waals surface area contributed by atoms with Gasteiger partial charge in [-0.05, 0) is 53.1 Å². The normalized spacial score (nSPS) is 10.1. The van der Waals surface area contributed by atoms with Crippen molar-refractivity contribution in [1.29, 1.82) is 0 Å². The molecule has 1 nitrogen and oxygen atoms in total. The molecule has 1 aromatic rings. The summed E-state index contributed by atoms with van der Waals surface area (Å²) in [6, 6.07) is 4.08. The Bertz CT molecular complexity index is 269. The van der Waals surface area contributed by atoms with E-state index in [4.69, 9.17) is 5.73 Å². The van der Waals surface area contributed by atoms with E-state index in [0.717, 1.165) is 12.1 Å². The van der Waals surface area contributed by atoms with Crippen LogP contribution in [0.1, 0.15) is 18.1 Å². The second-order valence-electron chi connectivity index (χ2n) is 2.61. The molecular weight excluding hydrogens is 249 g/mol. The summed E-state index contributed by atoms with van der Waals surface area (Å²) in [4.78, 5) is 0. The van der Waals surface area contributed by atoms with Crippen LogP contribution < -0.4 is 5.73 Å². The smallest absolute Gasteiger partial charge is 0.0354 e. The Labute approximate surface area is 81.1 Å². The molecule has 0 saturated carbocycles. The quantitative estimate of drug-likeness (QED) is 0.610. The number of rotatable bonds is 1. The standard InChI is InChI=1S/C9H12IN/c1-3-7-4-5-8(11)6(2)9(7)10/h4-5H,3,11H2,1-2H3. The van der Waals surface area contributed by atoms with Gasteiger partial charge in [-0.1, -0.05) is 13.0 Å². The summed E-state index contributed by atoms with van der Waals surface area (Å²) in [5.41, 5.74) is 9.23. The van der Waals surface area contributed by atoms with Gasteiger partial charge in [0.15, 0.2) is 0 Å². The van der Waals surface area contributed by atoms with Crippen LogP contribution in [0.4, 0.5) is 5.69 Å². The maximum Gasteiger partial charge on any atom is 0.0354 e. The van der Waals surface area contributed by atoms with Crippen LogP contribution in [-0.4, -0.2) is 0 Å². The van der Waals surface area contributed by atoms with Crippen LogP contribution in [0.2, 0.25) is 0 Å². The topological polar surface area (TPSA) is 26.0 Å². The molecular formula is C9H12IN. The summed E-state index contributed by atoms with van der Waals surface area (Å²) in [5.74, 6) is 0. The fraction of sp³-hybridized carbons (Fsp3) is 0.333. The molecule has 0 radical (unpaired) electrons. The third-order valence-electron chi connectivity index (χ3n) is 1.89. The molecule has 11 heavy (non-hydrogen) atoms. The molecule has 0 atom stereocenters. The number of hydrogen-bond donors (Lipinski definition) is 1. The molecule has 1 aromatic carbocycles. The number of aryl methyl sites for hydroxylation is 1. The first-order valence-corrected chi connectivity index (χ1v) is 4.78. The van der Waals surface area contributed by atoms with Gasteiger partial charge in [-0.25, -0.2) is 0 Å². The third kappa shape index (κ3) is 1.67. The van der Waals surface area contributed by atoms with Crippen molar-refractivity contribution in [3.63, 3.8) is 0 Å². The average Bonchev–Trinajstić information content (AvgIpc) is 2.01. The summed E-state index contributed by atoms with van der Waals surface area (Å²) >= 11 is 2.35. The Hall–Kier alpha value is -0.250. The second kappa shape index (κ2) is 3.43. The number of halogens is 1. The number of anilines is 1. The van der Waals surface area contributed by atoms with E-state index in [1.165, 1.54) is 14.7 Å². The van der Waals surface area contributed by atoms with Crippen LogP contribution in [0.5, 0.6) is 0 Å². The molecule has 2 heteroatoms. The van der Waals surface area contributed by atoms with E-state index >= 15 is 0 Å². The van der Waals surface area contributed by atoms with E-state index < -0.39 is 0 Å². The highest BCUT2D eigenvalue weighted by atomic mass is 127. The lowest BCUT2D eigenvalue weighted by Crippen LogP contribution is -1.95. The van der Waals surface area contributed by atoms with Crippen molar-refractivity contribution in [1.82, 2.24) is 0 Å². The van der Waals surface area contributed by atoms with Gasteiger partial charge in [-0.15, -0.1) is 0 Å². The number of nitrogens with two attached hydrogens (primary N) is 1. The van der Waals surface area contributed by atoms with Gasteiger partial charge in [0.05, 0.1) is 0 Å². The van der Waals surface area contributed by atoms with Gasteiger partial charge in [-0.3, -0.25) is 0 Å². The van der Waals surface area contributed by atoms with Crippen LogP contribution in [0.3, 0.4) is 0 Å². The minimum Gasteiger partial charge on any atom is -0.398 e. The van der Waals surface area contributed by atoms with Crippen LogP contribution in [0, 0.1) is 10.5 Å². The molecule has 0 aliphatic heterocycles. The zero-order valence-electron chi connectivity index (χ0n) is 6.82. The van der Waals surface area contributed by atoms with Crippen molar-refractivity contribution in [2.24, 2.45) is 0 Å². The van der Waals surface area contributed by atoms with Crippen molar-refractivity contribution in [2.45, 2.75) is 20.3 Å². The number of benzene rings is 1. The lowest BCUT2D eigenvalue weighted by atomic mass is 10.1. The molecule has 0 saturated heterocycles. The zero-order chi connectivity index (χ0) is 8.43. The highest BCUT2D eigenvalue weighted by molar-refractivity contribution is 14.1. The van der Waals surface area contributed by atoms with E-state index in [9.17, 15) is 0 Å². The lowest BCUT2D eigenvalue weighted by Gasteiger charge is -2.06. The largest absolute Gasteiger partial charge is 0.398 e. The zero-order valence-corrected chi connectivity index (χ0v) is 8.97. The van der Waals surface area contributed by atoms with E-state index in [0.29, 0.717) is 0 Å². The highest BCUT2D eigenvalue weighted by Crippen LogP contribution is 2.22. The molecule has 60 valence electrons. The molecule has 0 unspecified atom stereocenters. The Kier molecular flexibility index (Phi) is 2.76. The molecule has 0 bridgehead atoms. The minimum atomic E-state index is 0.895. The minimum absolute atomic E-state index is 0.895. The monoisotopic (exact) mass is 261 g/mol. The summed E-state index contributed by atoms with van der Waals surface area (Å²) in [5, 5.41) is 0. The fourth-order valence-corrected chi connectivity index (χ4v) is 1.90. The van der Waals surface area contributed by atoms with E-state index in [2.05, 4.69) is 42.5 Å². The van der Waals surface area contributed by atoms with E-state index in [1.54, 1.807) is 0 Å². The molecule has 0 heterocycles. The van der Waals surface area contributed by atoms with Gasteiger partial charge in [0.2, 0.25) is 0 Å². The predicted molar refractivity (Wildman–Crippen MR) is 57.7 cm³/mol. The fourth-order valence-electron chi connectivity index (χ4n) is 1.03. The van der Waals surface area contributed by atoms with Gasteiger partial charge in [-0.2, -0.15) is 0 Å². The van der Waals surface area contributed by atoms with E-state index in [-0.39, 0.29) is 0 Å². The maximum atomic E-state index is 5.74. The average molecular weight is 261 g/mol. The summed E-state index contributed by atoms with van der Waals surface area (Å²) in [6.45, 7) is 4.23. The van der Waals surface area contributed by atoms with Crippen LogP contribution in [0.25, 0.3) is 0 Å². The van der Waals surface area contributed by atoms with Gasteiger partial charge in [0.1, 0.15) is 0 Å². The number of hydrogen-bond acceptors (Lipinski definition) is 1. The Balaban J connectivity index is 3.25. The second-order valence-corrected chi connectivity index (χ2v) is 3.69. The van der Waals surface area contributed by atoms with Crippen LogP contribution in [0.15, 0.2) is 12.1 Å². The SMILES string of the molecule is CCc1ccc(N)c(C)c1I. The van der Waals surface area contributed by atoms with Gasteiger partial charge < -0.3 is 5.73 Å². The first-order valence-electron chi connectivity index (χ1n) is 3.70. The molecule has 0 spiro atoms. The maximum absolute atomic E-state index is 5.74. The predicted octanol–water partition coefficient (Wildman–Crippen LogP) is 2.74.